The monoisotopic (exact) mass is 345 g/mol. The third-order valence-corrected chi connectivity index (χ3v) is 3.74. The number of carbonyl (C=O) groups excluding carboxylic acids is 1. The maximum Gasteiger partial charge on any atom is 0.227 e. The maximum absolute atomic E-state index is 12.2. The molecule has 2 aromatic rings. The van der Waals surface area contributed by atoms with Crippen molar-refractivity contribution in [3.8, 4) is 11.5 Å². The highest BCUT2D eigenvalue weighted by atomic mass is 16.5. The van der Waals surface area contributed by atoms with E-state index < -0.39 is 0 Å². The summed E-state index contributed by atoms with van der Waals surface area (Å²) in [4.78, 5) is 16.5. The molecule has 0 fully saturated rings. The molecule has 2 heterocycles. The van der Waals surface area contributed by atoms with E-state index >= 15 is 0 Å². The van der Waals surface area contributed by atoms with Crippen molar-refractivity contribution in [3.05, 3.63) is 29.9 Å². The highest BCUT2D eigenvalue weighted by molar-refractivity contribution is 5.91. The van der Waals surface area contributed by atoms with Gasteiger partial charge in [-0.25, -0.2) is 0 Å². The van der Waals surface area contributed by atoms with Gasteiger partial charge in [-0.1, -0.05) is 25.9 Å². The Morgan fingerprint density at radius 3 is 2.68 bits per heavy atom. The number of anilines is 1. The number of hydrogen-bond acceptors (Lipinski definition) is 6. The standard InChI is InChI=1S/C18H23N3O4/c1-18(2,3)17-20-16(25-21-17)8-7-15(22)19-12-5-6-13-14(11-12)24-10-4-9-23-13/h5-6,11H,4,7-10H2,1-3H3,(H,19,22). The fraction of sp³-hybridized carbons (Fsp3) is 0.500. The topological polar surface area (TPSA) is 86.5 Å². The van der Waals surface area contributed by atoms with Gasteiger partial charge in [0.05, 0.1) is 13.2 Å². The number of ether oxygens (including phenoxy) is 2. The zero-order chi connectivity index (χ0) is 17.9. The van der Waals surface area contributed by atoms with Crippen LogP contribution in [-0.4, -0.2) is 29.3 Å². The van der Waals surface area contributed by atoms with Gasteiger partial charge < -0.3 is 19.3 Å². The van der Waals surface area contributed by atoms with Crippen LogP contribution in [0.15, 0.2) is 22.7 Å². The summed E-state index contributed by atoms with van der Waals surface area (Å²) in [5.41, 5.74) is 0.503. The summed E-state index contributed by atoms with van der Waals surface area (Å²) in [6.45, 7) is 7.28. The van der Waals surface area contributed by atoms with Gasteiger partial charge in [0, 0.05) is 36.4 Å². The van der Waals surface area contributed by atoms with Gasteiger partial charge in [0.1, 0.15) is 0 Å². The van der Waals surface area contributed by atoms with E-state index in [-0.39, 0.29) is 17.7 Å². The first kappa shape index (κ1) is 17.3. The molecule has 25 heavy (non-hydrogen) atoms. The lowest BCUT2D eigenvalue weighted by atomic mass is 9.96. The third-order valence-electron chi connectivity index (χ3n) is 3.74. The molecule has 3 rings (SSSR count). The van der Waals surface area contributed by atoms with Crippen molar-refractivity contribution in [1.29, 1.82) is 0 Å². The van der Waals surface area contributed by atoms with Gasteiger partial charge in [0.2, 0.25) is 11.8 Å². The Labute approximate surface area is 146 Å². The normalized spacial score (nSPS) is 14.0. The Bertz CT molecular complexity index is 749. The van der Waals surface area contributed by atoms with Gasteiger partial charge >= 0.3 is 0 Å². The molecule has 0 radical (unpaired) electrons. The third kappa shape index (κ3) is 4.49. The molecule has 1 aliphatic heterocycles. The van der Waals surface area contributed by atoms with Crippen LogP contribution in [0.1, 0.15) is 45.3 Å². The van der Waals surface area contributed by atoms with Crippen LogP contribution in [0.4, 0.5) is 5.69 Å². The Morgan fingerprint density at radius 2 is 1.96 bits per heavy atom. The van der Waals surface area contributed by atoms with E-state index in [1.807, 2.05) is 26.8 Å². The molecule has 134 valence electrons. The zero-order valence-electron chi connectivity index (χ0n) is 14.8. The lowest BCUT2D eigenvalue weighted by Gasteiger charge is -2.11. The number of hydrogen-bond donors (Lipinski definition) is 1. The van der Waals surface area contributed by atoms with Gasteiger partial charge in [0.15, 0.2) is 17.3 Å². The lowest BCUT2D eigenvalue weighted by molar-refractivity contribution is -0.116. The molecule has 0 saturated carbocycles. The first-order chi connectivity index (χ1) is 11.9. The van der Waals surface area contributed by atoms with Crippen molar-refractivity contribution in [3.63, 3.8) is 0 Å². The SMILES string of the molecule is CC(C)(C)c1noc(CCC(=O)Nc2ccc3c(c2)OCCCO3)n1. The maximum atomic E-state index is 12.2. The van der Waals surface area contributed by atoms with Crippen molar-refractivity contribution in [2.24, 2.45) is 0 Å². The van der Waals surface area contributed by atoms with Crippen molar-refractivity contribution in [2.45, 2.75) is 45.4 Å². The molecular weight excluding hydrogens is 322 g/mol. The van der Waals surface area contributed by atoms with Crippen LogP contribution >= 0.6 is 0 Å². The summed E-state index contributed by atoms with van der Waals surface area (Å²) in [5, 5.41) is 6.81. The fourth-order valence-electron chi connectivity index (χ4n) is 2.35. The Kier molecular flexibility index (Phi) is 4.92. The minimum absolute atomic E-state index is 0.120. The zero-order valence-corrected chi connectivity index (χ0v) is 14.8. The molecule has 1 N–H and O–H groups in total. The molecule has 0 saturated heterocycles. The molecule has 0 atom stereocenters. The van der Waals surface area contributed by atoms with Crippen LogP contribution in [0, 0.1) is 0 Å². The van der Waals surface area contributed by atoms with E-state index in [9.17, 15) is 4.79 Å². The number of aromatic nitrogens is 2. The predicted molar refractivity (Wildman–Crippen MR) is 92.0 cm³/mol. The molecular formula is C18H23N3O4. The number of nitrogens with zero attached hydrogens (tertiary/aromatic N) is 2. The van der Waals surface area contributed by atoms with Crippen LogP contribution in [0.25, 0.3) is 0 Å². The van der Waals surface area contributed by atoms with Crippen molar-refractivity contribution in [1.82, 2.24) is 10.1 Å². The van der Waals surface area contributed by atoms with Crippen LogP contribution in [0.5, 0.6) is 11.5 Å². The number of amides is 1. The van der Waals surface area contributed by atoms with Crippen LogP contribution in [0.2, 0.25) is 0 Å². The Balaban J connectivity index is 1.56. The van der Waals surface area contributed by atoms with Crippen LogP contribution in [-0.2, 0) is 16.6 Å². The number of rotatable bonds is 4. The van der Waals surface area contributed by atoms with Gasteiger partial charge in [-0.2, -0.15) is 4.98 Å². The molecule has 0 bridgehead atoms. The van der Waals surface area contributed by atoms with E-state index in [2.05, 4.69) is 15.5 Å². The average Bonchev–Trinajstić information content (AvgIpc) is 2.92. The molecule has 1 amide bonds. The average molecular weight is 345 g/mol. The van der Waals surface area contributed by atoms with Crippen LogP contribution < -0.4 is 14.8 Å². The van der Waals surface area contributed by atoms with Crippen LogP contribution in [0.3, 0.4) is 0 Å². The summed E-state index contributed by atoms with van der Waals surface area (Å²) in [5.74, 6) is 2.35. The van der Waals surface area contributed by atoms with E-state index in [1.165, 1.54) is 0 Å². The van der Waals surface area contributed by atoms with Gasteiger partial charge in [-0.05, 0) is 12.1 Å². The second kappa shape index (κ2) is 7.13. The largest absolute Gasteiger partial charge is 0.490 e. The van der Waals surface area contributed by atoms with Crippen molar-refractivity contribution >= 4 is 11.6 Å². The van der Waals surface area contributed by atoms with E-state index in [0.29, 0.717) is 48.5 Å². The first-order valence-electron chi connectivity index (χ1n) is 8.44. The molecule has 0 unspecified atom stereocenters. The number of fused-ring (bicyclic) bond motifs is 1. The summed E-state index contributed by atoms with van der Waals surface area (Å²) >= 11 is 0. The van der Waals surface area contributed by atoms with Gasteiger partial charge in [-0.3, -0.25) is 4.79 Å². The van der Waals surface area contributed by atoms with E-state index in [1.54, 1.807) is 12.1 Å². The van der Waals surface area contributed by atoms with E-state index in [4.69, 9.17) is 14.0 Å². The Hall–Kier alpha value is -2.57. The molecule has 1 aromatic carbocycles. The molecule has 1 aliphatic rings. The molecule has 1 aromatic heterocycles. The highest BCUT2D eigenvalue weighted by Crippen LogP contribution is 2.32. The molecule has 0 aliphatic carbocycles. The van der Waals surface area contributed by atoms with Crippen molar-refractivity contribution < 1.29 is 18.8 Å². The molecule has 7 heteroatoms. The first-order valence-corrected chi connectivity index (χ1v) is 8.44. The lowest BCUT2D eigenvalue weighted by Crippen LogP contribution is -2.14. The predicted octanol–water partition coefficient (Wildman–Crippen LogP) is 3.10. The summed E-state index contributed by atoms with van der Waals surface area (Å²) in [6, 6.07) is 5.39. The Morgan fingerprint density at radius 1 is 1.20 bits per heavy atom. The summed E-state index contributed by atoms with van der Waals surface area (Å²) in [6.07, 6.45) is 1.51. The highest BCUT2D eigenvalue weighted by Gasteiger charge is 2.21. The number of benzene rings is 1. The quantitative estimate of drug-likeness (QED) is 0.916. The van der Waals surface area contributed by atoms with Gasteiger partial charge in [0.25, 0.3) is 0 Å². The molecule has 7 nitrogen and oxygen atoms in total. The van der Waals surface area contributed by atoms with Crippen molar-refractivity contribution in [2.75, 3.05) is 18.5 Å². The summed E-state index contributed by atoms with van der Waals surface area (Å²) in [7, 11) is 0. The number of carbonyl (C=O) groups is 1. The smallest absolute Gasteiger partial charge is 0.227 e. The number of nitrogens with one attached hydrogen (secondary N) is 1. The second-order valence-corrected chi connectivity index (χ2v) is 7.02. The number of aryl methyl sites for hydroxylation is 1. The fourth-order valence-corrected chi connectivity index (χ4v) is 2.35. The summed E-state index contributed by atoms with van der Waals surface area (Å²) < 4.78 is 16.4. The van der Waals surface area contributed by atoms with Gasteiger partial charge in [-0.15, -0.1) is 0 Å². The minimum atomic E-state index is -0.173. The second-order valence-electron chi connectivity index (χ2n) is 7.02. The molecule has 0 spiro atoms. The van der Waals surface area contributed by atoms with E-state index in [0.717, 1.165) is 6.42 Å². The minimum Gasteiger partial charge on any atom is -0.490 e.